The minimum absolute atomic E-state index is 0.0540. The van der Waals surface area contributed by atoms with E-state index in [1.165, 1.54) is 12.8 Å². The predicted octanol–water partition coefficient (Wildman–Crippen LogP) is 1.51. The fourth-order valence-electron chi connectivity index (χ4n) is 1.16. The monoisotopic (exact) mass is 174 g/mol. The molecule has 0 aromatic carbocycles. The molecule has 1 fully saturated rings. The molecule has 0 saturated heterocycles. The Morgan fingerprint density at radius 2 is 2.36 bits per heavy atom. The third-order valence-electron chi connectivity index (χ3n) is 1.98. The van der Waals surface area contributed by atoms with Crippen LogP contribution in [0.2, 0.25) is 0 Å². The van der Waals surface area contributed by atoms with Crippen LogP contribution in [0.4, 0.5) is 0 Å². The van der Waals surface area contributed by atoms with E-state index in [-0.39, 0.29) is 11.9 Å². The summed E-state index contributed by atoms with van der Waals surface area (Å²) in [4.78, 5) is 11.2. The zero-order valence-corrected chi connectivity index (χ0v) is 7.64. The summed E-state index contributed by atoms with van der Waals surface area (Å²) < 4.78 is 4.91. The number of ether oxygens (including phenoxy) is 1. The molecule has 1 saturated carbocycles. The molecule has 0 heterocycles. The summed E-state index contributed by atoms with van der Waals surface area (Å²) in [5, 5.41) is 0. The Kier molecular flexibility index (Phi) is 3.24. The fraction of sp³-hybridized carbons (Fsp3) is 0.875. The highest BCUT2D eigenvalue weighted by atomic mass is 32.1. The van der Waals surface area contributed by atoms with E-state index < -0.39 is 0 Å². The molecule has 0 aromatic rings. The van der Waals surface area contributed by atoms with E-state index in [1.54, 1.807) is 0 Å². The highest BCUT2D eigenvalue weighted by molar-refractivity contribution is 7.80. The van der Waals surface area contributed by atoms with Crippen LogP contribution < -0.4 is 0 Å². The standard InChI is InChI=1S/C8H14O2S/c1-2-10-8(9)7(5-11)6-3-4-6/h6-7,11H,2-5H2,1H3. The summed E-state index contributed by atoms with van der Waals surface area (Å²) in [5.41, 5.74) is 0. The second-order valence-corrected chi connectivity index (χ2v) is 3.24. The average molecular weight is 174 g/mol. The lowest BCUT2D eigenvalue weighted by molar-refractivity contribution is -0.147. The van der Waals surface area contributed by atoms with Gasteiger partial charge in [-0.25, -0.2) is 0 Å². The van der Waals surface area contributed by atoms with Crippen molar-refractivity contribution >= 4 is 18.6 Å². The van der Waals surface area contributed by atoms with E-state index >= 15 is 0 Å². The number of thiol groups is 1. The van der Waals surface area contributed by atoms with E-state index in [0.29, 0.717) is 18.3 Å². The van der Waals surface area contributed by atoms with Crippen molar-refractivity contribution < 1.29 is 9.53 Å². The summed E-state index contributed by atoms with van der Waals surface area (Å²) in [6.07, 6.45) is 2.34. The second kappa shape index (κ2) is 4.00. The molecule has 1 atom stereocenters. The Bertz CT molecular complexity index is 143. The van der Waals surface area contributed by atoms with Gasteiger partial charge in [-0.3, -0.25) is 4.79 Å². The van der Waals surface area contributed by atoms with Gasteiger partial charge in [0.05, 0.1) is 12.5 Å². The largest absolute Gasteiger partial charge is 0.466 e. The van der Waals surface area contributed by atoms with Crippen molar-refractivity contribution in [2.75, 3.05) is 12.4 Å². The van der Waals surface area contributed by atoms with Crippen LogP contribution in [-0.2, 0) is 9.53 Å². The highest BCUT2D eigenvalue weighted by Crippen LogP contribution is 2.37. The lowest BCUT2D eigenvalue weighted by Crippen LogP contribution is -2.21. The van der Waals surface area contributed by atoms with Crippen LogP contribution in [0.5, 0.6) is 0 Å². The maximum Gasteiger partial charge on any atom is 0.310 e. The van der Waals surface area contributed by atoms with Gasteiger partial charge in [0, 0.05) is 5.75 Å². The molecule has 1 aliphatic carbocycles. The number of carbonyl (C=O) groups is 1. The molecule has 0 bridgehead atoms. The molecule has 0 N–H and O–H groups in total. The van der Waals surface area contributed by atoms with Gasteiger partial charge in [0.2, 0.25) is 0 Å². The molecular formula is C8H14O2S. The first-order chi connectivity index (χ1) is 5.29. The first-order valence-electron chi connectivity index (χ1n) is 4.07. The number of esters is 1. The van der Waals surface area contributed by atoms with Crippen LogP contribution >= 0.6 is 12.6 Å². The summed E-state index contributed by atoms with van der Waals surface area (Å²) in [7, 11) is 0. The van der Waals surface area contributed by atoms with Crippen LogP contribution in [0.1, 0.15) is 19.8 Å². The maximum absolute atomic E-state index is 11.2. The Morgan fingerprint density at radius 1 is 1.73 bits per heavy atom. The van der Waals surface area contributed by atoms with E-state index in [2.05, 4.69) is 12.6 Å². The van der Waals surface area contributed by atoms with Crippen molar-refractivity contribution in [2.45, 2.75) is 19.8 Å². The quantitative estimate of drug-likeness (QED) is 0.516. The Morgan fingerprint density at radius 3 is 2.73 bits per heavy atom. The molecule has 0 amide bonds. The molecule has 0 radical (unpaired) electrons. The van der Waals surface area contributed by atoms with Gasteiger partial charge < -0.3 is 4.74 Å². The predicted molar refractivity (Wildman–Crippen MR) is 46.7 cm³/mol. The minimum atomic E-state index is -0.0648. The van der Waals surface area contributed by atoms with Crippen molar-refractivity contribution in [3.8, 4) is 0 Å². The van der Waals surface area contributed by atoms with Crippen LogP contribution in [0.3, 0.4) is 0 Å². The van der Waals surface area contributed by atoms with Crippen molar-refractivity contribution in [3.63, 3.8) is 0 Å². The Hall–Kier alpha value is -0.180. The van der Waals surface area contributed by atoms with Crippen LogP contribution in [0.15, 0.2) is 0 Å². The maximum atomic E-state index is 11.2. The van der Waals surface area contributed by atoms with E-state index in [4.69, 9.17) is 4.74 Å². The molecule has 0 aromatic heterocycles. The van der Waals surface area contributed by atoms with Gasteiger partial charge in [0.1, 0.15) is 0 Å². The molecule has 64 valence electrons. The molecule has 11 heavy (non-hydrogen) atoms. The average Bonchev–Trinajstić information content (AvgIpc) is 2.73. The summed E-state index contributed by atoms with van der Waals surface area (Å²) in [6, 6.07) is 0. The summed E-state index contributed by atoms with van der Waals surface area (Å²) in [5.74, 6) is 1.18. The first kappa shape index (κ1) is 8.91. The molecule has 1 rings (SSSR count). The molecule has 1 unspecified atom stereocenters. The van der Waals surface area contributed by atoms with E-state index in [9.17, 15) is 4.79 Å². The second-order valence-electron chi connectivity index (χ2n) is 2.88. The van der Waals surface area contributed by atoms with Gasteiger partial charge in [-0.1, -0.05) is 0 Å². The number of hydrogen-bond donors (Lipinski definition) is 1. The van der Waals surface area contributed by atoms with Crippen LogP contribution in [0.25, 0.3) is 0 Å². The summed E-state index contributed by atoms with van der Waals surface area (Å²) in [6.45, 7) is 2.32. The van der Waals surface area contributed by atoms with Gasteiger partial charge in [0.15, 0.2) is 0 Å². The Labute approximate surface area is 72.7 Å². The zero-order valence-electron chi connectivity index (χ0n) is 6.75. The number of carbonyl (C=O) groups excluding carboxylic acids is 1. The van der Waals surface area contributed by atoms with Gasteiger partial charge in [-0.05, 0) is 25.7 Å². The van der Waals surface area contributed by atoms with Crippen LogP contribution in [0, 0.1) is 11.8 Å². The molecule has 0 aliphatic heterocycles. The molecule has 1 aliphatic rings. The van der Waals surface area contributed by atoms with Crippen molar-refractivity contribution in [2.24, 2.45) is 11.8 Å². The van der Waals surface area contributed by atoms with Gasteiger partial charge in [0.25, 0.3) is 0 Å². The number of rotatable bonds is 4. The van der Waals surface area contributed by atoms with E-state index in [0.717, 1.165) is 0 Å². The SMILES string of the molecule is CCOC(=O)C(CS)C1CC1. The third kappa shape index (κ3) is 2.40. The lowest BCUT2D eigenvalue weighted by Gasteiger charge is -2.10. The minimum Gasteiger partial charge on any atom is -0.466 e. The molecule has 0 spiro atoms. The smallest absolute Gasteiger partial charge is 0.310 e. The zero-order chi connectivity index (χ0) is 8.27. The third-order valence-corrected chi connectivity index (χ3v) is 2.37. The molecule has 2 nitrogen and oxygen atoms in total. The van der Waals surface area contributed by atoms with Crippen molar-refractivity contribution in [3.05, 3.63) is 0 Å². The fourth-order valence-corrected chi connectivity index (χ4v) is 1.61. The Balaban J connectivity index is 2.33. The summed E-state index contributed by atoms with van der Waals surface area (Å²) >= 11 is 4.13. The van der Waals surface area contributed by atoms with Gasteiger partial charge in [-0.2, -0.15) is 12.6 Å². The number of hydrogen-bond acceptors (Lipinski definition) is 3. The van der Waals surface area contributed by atoms with Crippen molar-refractivity contribution in [1.29, 1.82) is 0 Å². The molecule has 3 heteroatoms. The molecular weight excluding hydrogens is 160 g/mol. The van der Waals surface area contributed by atoms with Crippen LogP contribution in [-0.4, -0.2) is 18.3 Å². The van der Waals surface area contributed by atoms with Gasteiger partial charge >= 0.3 is 5.97 Å². The normalized spacial score (nSPS) is 19.5. The lowest BCUT2D eigenvalue weighted by atomic mass is 10.1. The first-order valence-corrected chi connectivity index (χ1v) is 4.70. The highest BCUT2D eigenvalue weighted by Gasteiger charge is 2.35. The van der Waals surface area contributed by atoms with Gasteiger partial charge in [-0.15, -0.1) is 0 Å². The van der Waals surface area contributed by atoms with Crippen molar-refractivity contribution in [1.82, 2.24) is 0 Å². The van der Waals surface area contributed by atoms with E-state index in [1.807, 2.05) is 6.92 Å². The topological polar surface area (TPSA) is 26.3 Å².